The molecular weight excluding hydrogens is 252 g/mol. The monoisotopic (exact) mass is 268 g/mol. The Hall–Kier alpha value is -2.50. The van der Waals surface area contributed by atoms with E-state index in [1.54, 1.807) is 18.5 Å². The molecule has 0 spiro atoms. The Morgan fingerprint density at radius 3 is 2.75 bits per heavy atom. The van der Waals surface area contributed by atoms with Crippen LogP contribution < -0.4 is 5.32 Å². The van der Waals surface area contributed by atoms with Crippen LogP contribution in [-0.4, -0.2) is 25.0 Å². The summed E-state index contributed by atoms with van der Waals surface area (Å²) in [4.78, 5) is 8.41. The molecule has 2 aromatic heterocycles. The number of aromatic nitrogens is 5. The van der Waals surface area contributed by atoms with E-state index in [1.165, 1.54) is 0 Å². The fourth-order valence-electron chi connectivity index (χ4n) is 2.17. The Labute approximate surface area is 116 Å². The molecule has 0 amide bonds. The van der Waals surface area contributed by atoms with E-state index in [0.717, 1.165) is 23.9 Å². The zero-order chi connectivity index (χ0) is 13.8. The zero-order valence-corrected chi connectivity index (χ0v) is 11.3. The predicted molar refractivity (Wildman–Crippen MR) is 77.1 cm³/mol. The number of para-hydroxylation sites is 1. The Bertz CT molecular complexity index is 678. The van der Waals surface area contributed by atoms with Crippen molar-refractivity contribution >= 4 is 17.0 Å². The van der Waals surface area contributed by atoms with Crippen LogP contribution in [0.25, 0.3) is 11.0 Å². The summed E-state index contributed by atoms with van der Waals surface area (Å²) in [6.45, 7) is 2.14. The molecule has 0 bridgehead atoms. The summed E-state index contributed by atoms with van der Waals surface area (Å²) in [6.07, 6.45) is 5.38. The first-order valence-electron chi connectivity index (χ1n) is 6.72. The van der Waals surface area contributed by atoms with Gasteiger partial charge in [0.1, 0.15) is 11.7 Å². The molecule has 6 heteroatoms. The third-order valence-corrected chi connectivity index (χ3v) is 3.10. The fourth-order valence-corrected chi connectivity index (χ4v) is 2.17. The van der Waals surface area contributed by atoms with Crippen molar-refractivity contribution in [3.63, 3.8) is 0 Å². The minimum atomic E-state index is -0.00481. The summed E-state index contributed by atoms with van der Waals surface area (Å²) in [5.41, 5.74) is 1.90. The maximum absolute atomic E-state index is 4.26. The summed E-state index contributed by atoms with van der Waals surface area (Å²) >= 11 is 0. The molecule has 1 atom stereocenters. The molecule has 0 aliphatic rings. The van der Waals surface area contributed by atoms with E-state index < -0.39 is 0 Å². The van der Waals surface area contributed by atoms with Gasteiger partial charge in [0, 0.05) is 12.4 Å². The first-order chi connectivity index (χ1) is 9.88. The van der Waals surface area contributed by atoms with Crippen molar-refractivity contribution in [3.05, 3.63) is 42.7 Å². The van der Waals surface area contributed by atoms with E-state index in [2.05, 4.69) is 32.5 Å². The van der Waals surface area contributed by atoms with Crippen LogP contribution in [0, 0.1) is 0 Å². The van der Waals surface area contributed by atoms with E-state index in [4.69, 9.17) is 0 Å². The second-order valence-electron chi connectivity index (χ2n) is 4.54. The molecule has 6 nitrogen and oxygen atoms in total. The van der Waals surface area contributed by atoms with Gasteiger partial charge in [-0.1, -0.05) is 30.7 Å². The summed E-state index contributed by atoms with van der Waals surface area (Å²) in [5, 5.41) is 11.8. The van der Waals surface area contributed by atoms with E-state index in [0.29, 0.717) is 5.95 Å². The summed E-state index contributed by atoms with van der Waals surface area (Å²) in [7, 11) is 0. The summed E-state index contributed by atoms with van der Waals surface area (Å²) in [6, 6.07) is 9.73. The largest absolute Gasteiger partial charge is 0.332 e. The Kier molecular flexibility index (Phi) is 3.54. The quantitative estimate of drug-likeness (QED) is 0.770. The average molecular weight is 268 g/mol. The van der Waals surface area contributed by atoms with Gasteiger partial charge in [0.2, 0.25) is 5.95 Å². The number of benzene rings is 1. The minimum Gasteiger partial charge on any atom is -0.332 e. The van der Waals surface area contributed by atoms with Crippen LogP contribution in [0.5, 0.6) is 0 Å². The lowest BCUT2D eigenvalue weighted by Crippen LogP contribution is -2.20. The fraction of sp³-hybridized carbons (Fsp3) is 0.286. The Morgan fingerprint density at radius 2 is 1.95 bits per heavy atom. The van der Waals surface area contributed by atoms with Crippen LogP contribution in [-0.2, 0) is 0 Å². The third-order valence-electron chi connectivity index (χ3n) is 3.10. The highest BCUT2D eigenvalue weighted by Gasteiger charge is 2.15. The molecule has 2 heterocycles. The molecule has 102 valence electrons. The van der Waals surface area contributed by atoms with Gasteiger partial charge >= 0.3 is 0 Å². The number of hydrogen-bond donors (Lipinski definition) is 1. The average Bonchev–Trinajstić information content (AvgIpc) is 2.92. The highest BCUT2D eigenvalue weighted by Crippen LogP contribution is 2.20. The Morgan fingerprint density at radius 1 is 1.15 bits per heavy atom. The number of rotatable bonds is 5. The number of anilines is 1. The van der Waals surface area contributed by atoms with E-state index in [9.17, 15) is 0 Å². The summed E-state index contributed by atoms with van der Waals surface area (Å²) < 4.78 is 1.90. The van der Waals surface area contributed by atoms with Crippen LogP contribution in [0.2, 0.25) is 0 Å². The van der Waals surface area contributed by atoms with Gasteiger partial charge in [-0.05, 0) is 24.6 Å². The van der Waals surface area contributed by atoms with Crippen molar-refractivity contribution in [1.29, 1.82) is 0 Å². The molecule has 3 aromatic rings. The molecule has 3 rings (SSSR count). The third kappa shape index (κ3) is 2.45. The molecule has 0 saturated heterocycles. The minimum absolute atomic E-state index is 0.00481. The molecule has 0 saturated carbocycles. The van der Waals surface area contributed by atoms with Gasteiger partial charge in [-0.3, -0.25) is 0 Å². The zero-order valence-electron chi connectivity index (χ0n) is 11.3. The topological polar surface area (TPSA) is 68.5 Å². The number of fused-ring (bicyclic) bond motifs is 1. The number of hydrogen-bond acceptors (Lipinski definition) is 5. The molecule has 0 aliphatic carbocycles. The first kappa shape index (κ1) is 12.5. The van der Waals surface area contributed by atoms with Gasteiger partial charge in [-0.25, -0.2) is 14.6 Å². The predicted octanol–water partition coefficient (Wildman–Crippen LogP) is 2.63. The smallest absolute Gasteiger partial charge is 0.224 e. The maximum atomic E-state index is 4.26. The molecule has 1 aromatic carbocycles. The van der Waals surface area contributed by atoms with Crippen LogP contribution in [0.4, 0.5) is 5.95 Å². The van der Waals surface area contributed by atoms with Crippen LogP contribution >= 0.6 is 0 Å². The van der Waals surface area contributed by atoms with Gasteiger partial charge in [0.05, 0.1) is 5.52 Å². The molecular formula is C14H16N6. The standard InChI is InChI=1S/C14H16N6/c1-2-6-13(17-14-15-9-5-10-16-14)20-12-8-4-3-7-11(12)18-19-20/h3-5,7-10,13H,2,6H2,1H3,(H,15,16,17). The molecule has 0 aliphatic heterocycles. The van der Waals surface area contributed by atoms with Gasteiger partial charge in [0.15, 0.2) is 0 Å². The van der Waals surface area contributed by atoms with Crippen LogP contribution in [0.15, 0.2) is 42.7 Å². The van der Waals surface area contributed by atoms with E-state index in [1.807, 2.05) is 28.9 Å². The van der Waals surface area contributed by atoms with Gasteiger partial charge in [-0.2, -0.15) is 0 Å². The second-order valence-corrected chi connectivity index (χ2v) is 4.54. The highest BCUT2D eigenvalue weighted by molar-refractivity contribution is 5.74. The SMILES string of the molecule is CCCC(Nc1ncccn1)n1nnc2ccccc21. The van der Waals surface area contributed by atoms with Gasteiger partial charge in [-0.15, -0.1) is 5.10 Å². The van der Waals surface area contributed by atoms with Crippen molar-refractivity contribution in [2.75, 3.05) is 5.32 Å². The highest BCUT2D eigenvalue weighted by atomic mass is 15.5. The normalized spacial score (nSPS) is 12.4. The van der Waals surface area contributed by atoms with Crippen molar-refractivity contribution in [2.24, 2.45) is 0 Å². The first-order valence-corrected chi connectivity index (χ1v) is 6.72. The molecule has 0 fully saturated rings. The van der Waals surface area contributed by atoms with Crippen LogP contribution in [0.3, 0.4) is 0 Å². The second kappa shape index (κ2) is 5.64. The Balaban J connectivity index is 1.94. The number of nitrogens with zero attached hydrogens (tertiary/aromatic N) is 5. The van der Waals surface area contributed by atoms with E-state index >= 15 is 0 Å². The molecule has 20 heavy (non-hydrogen) atoms. The maximum Gasteiger partial charge on any atom is 0.224 e. The molecule has 0 radical (unpaired) electrons. The van der Waals surface area contributed by atoms with Crippen molar-refractivity contribution in [3.8, 4) is 0 Å². The van der Waals surface area contributed by atoms with Gasteiger partial charge in [0.25, 0.3) is 0 Å². The number of nitrogens with one attached hydrogen (secondary N) is 1. The van der Waals surface area contributed by atoms with E-state index in [-0.39, 0.29) is 6.17 Å². The van der Waals surface area contributed by atoms with Crippen LogP contribution in [0.1, 0.15) is 25.9 Å². The molecule has 1 unspecified atom stereocenters. The van der Waals surface area contributed by atoms with Crippen molar-refractivity contribution < 1.29 is 0 Å². The van der Waals surface area contributed by atoms with Gasteiger partial charge < -0.3 is 5.32 Å². The van der Waals surface area contributed by atoms with Crippen molar-refractivity contribution in [2.45, 2.75) is 25.9 Å². The lowest BCUT2D eigenvalue weighted by molar-refractivity contribution is 0.464. The van der Waals surface area contributed by atoms with Crippen molar-refractivity contribution in [1.82, 2.24) is 25.0 Å². The lowest BCUT2D eigenvalue weighted by atomic mass is 10.2. The molecule has 1 N–H and O–H groups in total. The lowest BCUT2D eigenvalue weighted by Gasteiger charge is -2.18. The summed E-state index contributed by atoms with van der Waals surface area (Å²) in [5.74, 6) is 0.602.